The van der Waals surface area contributed by atoms with Crippen LogP contribution in [0.2, 0.25) is 0 Å². The zero-order chi connectivity index (χ0) is 16.1. The minimum atomic E-state index is -3.59. The molecule has 1 saturated heterocycles. The molecular formula is C16H23FN2O2S. The molecule has 0 amide bonds. The fraction of sp³-hybridized carbons (Fsp3) is 0.625. The molecule has 0 radical (unpaired) electrons. The molecule has 4 nitrogen and oxygen atoms in total. The standard InChI is InChI=1S/C16H23FN2O2S/c1-10-6-13(17)7-11(2)16(10)22(20,21)19-8-12-4-3-5-15(18)14(12)9-19/h6-7,12,14-15H,3-5,8-9,18H2,1-2H3. The Morgan fingerprint density at radius 2 is 1.82 bits per heavy atom. The number of halogens is 1. The second kappa shape index (κ2) is 5.58. The molecular weight excluding hydrogens is 303 g/mol. The van der Waals surface area contributed by atoms with Gasteiger partial charge in [0.05, 0.1) is 4.90 Å². The molecule has 3 rings (SSSR count). The van der Waals surface area contributed by atoms with Crippen molar-refractivity contribution >= 4 is 10.0 Å². The normalized spacial score (nSPS) is 29.5. The average molecular weight is 326 g/mol. The van der Waals surface area contributed by atoms with Gasteiger partial charge in [0.1, 0.15) is 5.82 Å². The maximum Gasteiger partial charge on any atom is 0.243 e. The Hall–Kier alpha value is -0.980. The summed E-state index contributed by atoms with van der Waals surface area (Å²) in [6.45, 7) is 4.33. The third-order valence-corrected chi connectivity index (χ3v) is 7.28. The summed E-state index contributed by atoms with van der Waals surface area (Å²) < 4.78 is 41.0. The highest BCUT2D eigenvalue weighted by Gasteiger charge is 2.43. The molecule has 1 heterocycles. The van der Waals surface area contributed by atoms with Crippen LogP contribution in [0.25, 0.3) is 0 Å². The third-order valence-electron chi connectivity index (χ3n) is 5.14. The Labute approximate surface area is 131 Å². The van der Waals surface area contributed by atoms with Crippen LogP contribution in [0.5, 0.6) is 0 Å². The van der Waals surface area contributed by atoms with E-state index in [0.29, 0.717) is 30.1 Å². The molecule has 122 valence electrons. The summed E-state index contributed by atoms with van der Waals surface area (Å²) in [5.41, 5.74) is 7.11. The SMILES string of the molecule is Cc1cc(F)cc(C)c1S(=O)(=O)N1CC2CCCC(N)C2C1. The fourth-order valence-corrected chi connectivity index (χ4v) is 6.05. The topological polar surface area (TPSA) is 63.4 Å². The molecule has 1 aromatic rings. The van der Waals surface area contributed by atoms with E-state index < -0.39 is 15.8 Å². The van der Waals surface area contributed by atoms with Gasteiger partial charge in [0.2, 0.25) is 10.0 Å². The van der Waals surface area contributed by atoms with E-state index in [9.17, 15) is 12.8 Å². The Morgan fingerprint density at radius 1 is 1.18 bits per heavy atom. The predicted molar refractivity (Wildman–Crippen MR) is 83.4 cm³/mol. The van der Waals surface area contributed by atoms with Crippen molar-refractivity contribution in [3.8, 4) is 0 Å². The van der Waals surface area contributed by atoms with Crippen molar-refractivity contribution < 1.29 is 12.8 Å². The van der Waals surface area contributed by atoms with Crippen molar-refractivity contribution in [1.29, 1.82) is 0 Å². The van der Waals surface area contributed by atoms with Crippen LogP contribution in [0.15, 0.2) is 17.0 Å². The van der Waals surface area contributed by atoms with Crippen molar-refractivity contribution in [1.82, 2.24) is 4.31 Å². The van der Waals surface area contributed by atoms with Crippen molar-refractivity contribution in [2.24, 2.45) is 17.6 Å². The summed E-state index contributed by atoms with van der Waals surface area (Å²) in [5.74, 6) is 0.218. The minimum absolute atomic E-state index is 0.0920. The summed E-state index contributed by atoms with van der Waals surface area (Å²) >= 11 is 0. The quantitative estimate of drug-likeness (QED) is 0.906. The van der Waals surface area contributed by atoms with Gasteiger partial charge in [0.25, 0.3) is 0 Å². The molecule has 3 atom stereocenters. The molecule has 3 unspecified atom stereocenters. The van der Waals surface area contributed by atoms with E-state index in [1.54, 1.807) is 18.2 Å². The molecule has 0 bridgehead atoms. The number of sulfonamides is 1. The third kappa shape index (κ3) is 2.57. The van der Waals surface area contributed by atoms with Gasteiger partial charge < -0.3 is 5.73 Å². The van der Waals surface area contributed by atoms with Gasteiger partial charge in [-0.2, -0.15) is 4.31 Å². The summed E-state index contributed by atoms with van der Waals surface area (Å²) in [4.78, 5) is 0.251. The number of benzene rings is 1. The van der Waals surface area contributed by atoms with Gasteiger partial charge in [0.15, 0.2) is 0 Å². The fourth-order valence-electron chi connectivity index (χ4n) is 4.11. The Balaban J connectivity index is 1.95. The molecule has 2 aliphatic rings. The lowest BCUT2D eigenvalue weighted by Crippen LogP contribution is -2.38. The molecule has 2 N–H and O–H groups in total. The van der Waals surface area contributed by atoms with Gasteiger partial charge in [-0.05, 0) is 61.8 Å². The number of fused-ring (bicyclic) bond motifs is 1. The molecule has 22 heavy (non-hydrogen) atoms. The predicted octanol–water partition coefficient (Wildman–Crippen LogP) is 2.19. The first-order valence-electron chi connectivity index (χ1n) is 7.83. The van der Waals surface area contributed by atoms with Gasteiger partial charge in [-0.1, -0.05) is 6.42 Å². The zero-order valence-electron chi connectivity index (χ0n) is 13.0. The van der Waals surface area contributed by atoms with E-state index in [0.717, 1.165) is 19.3 Å². The first-order valence-corrected chi connectivity index (χ1v) is 9.27. The smallest absolute Gasteiger partial charge is 0.243 e. The summed E-state index contributed by atoms with van der Waals surface area (Å²) in [5, 5.41) is 0. The van der Waals surface area contributed by atoms with Crippen LogP contribution in [-0.2, 0) is 10.0 Å². The van der Waals surface area contributed by atoms with E-state index >= 15 is 0 Å². The van der Waals surface area contributed by atoms with Gasteiger partial charge in [0, 0.05) is 19.1 Å². The van der Waals surface area contributed by atoms with Crippen LogP contribution in [0, 0.1) is 31.5 Å². The molecule has 2 fully saturated rings. The highest BCUT2D eigenvalue weighted by atomic mass is 32.2. The number of nitrogens with zero attached hydrogens (tertiary/aromatic N) is 1. The first-order chi connectivity index (χ1) is 10.3. The van der Waals surface area contributed by atoms with Crippen LogP contribution in [-0.4, -0.2) is 31.9 Å². The van der Waals surface area contributed by atoms with Crippen LogP contribution in [0.3, 0.4) is 0 Å². The average Bonchev–Trinajstić information content (AvgIpc) is 2.83. The van der Waals surface area contributed by atoms with E-state index in [-0.39, 0.29) is 16.9 Å². The molecule has 1 saturated carbocycles. The number of rotatable bonds is 2. The summed E-state index contributed by atoms with van der Waals surface area (Å²) in [6.07, 6.45) is 3.10. The van der Waals surface area contributed by atoms with Crippen molar-refractivity contribution in [3.63, 3.8) is 0 Å². The van der Waals surface area contributed by atoms with Crippen molar-refractivity contribution in [2.75, 3.05) is 13.1 Å². The molecule has 0 spiro atoms. The van der Waals surface area contributed by atoms with Crippen LogP contribution in [0.4, 0.5) is 4.39 Å². The maximum atomic E-state index is 13.4. The number of nitrogens with two attached hydrogens (primary N) is 1. The maximum absolute atomic E-state index is 13.4. The van der Waals surface area contributed by atoms with Gasteiger partial charge in [-0.15, -0.1) is 0 Å². The van der Waals surface area contributed by atoms with Gasteiger partial charge in [-0.3, -0.25) is 0 Å². The number of hydrogen-bond donors (Lipinski definition) is 1. The first kappa shape index (κ1) is 15.9. The second-order valence-electron chi connectivity index (χ2n) is 6.71. The molecule has 1 aliphatic carbocycles. The Kier molecular flexibility index (Phi) is 4.03. The highest BCUT2D eigenvalue weighted by molar-refractivity contribution is 7.89. The lowest BCUT2D eigenvalue weighted by atomic mass is 9.78. The molecule has 0 aromatic heterocycles. The Morgan fingerprint density at radius 3 is 2.41 bits per heavy atom. The lowest BCUT2D eigenvalue weighted by Gasteiger charge is -2.29. The molecule has 1 aromatic carbocycles. The Bertz CT molecular complexity index is 666. The lowest BCUT2D eigenvalue weighted by molar-refractivity contribution is 0.260. The van der Waals surface area contributed by atoms with Crippen LogP contribution < -0.4 is 5.73 Å². The molecule has 6 heteroatoms. The zero-order valence-corrected chi connectivity index (χ0v) is 13.9. The summed E-state index contributed by atoms with van der Waals surface area (Å²) in [6, 6.07) is 2.66. The van der Waals surface area contributed by atoms with E-state index in [2.05, 4.69) is 0 Å². The largest absolute Gasteiger partial charge is 0.327 e. The summed E-state index contributed by atoms with van der Waals surface area (Å²) in [7, 11) is -3.59. The van der Waals surface area contributed by atoms with E-state index in [4.69, 9.17) is 5.73 Å². The number of aryl methyl sites for hydroxylation is 2. The van der Waals surface area contributed by atoms with Crippen LogP contribution >= 0.6 is 0 Å². The highest BCUT2D eigenvalue weighted by Crippen LogP contribution is 2.38. The van der Waals surface area contributed by atoms with Gasteiger partial charge >= 0.3 is 0 Å². The van der Waals surface area contributed by atoms with Crippen molar-refractivity contribution in [3.05, 3.63) is 29.1 Å². The van der Waals surface area contributed by atoms with Crippen LogP contribution in [0.1, 0.15) is 30.4 Å². The minimum Gasteiger partial charge on any atom is -0.327 e. The van der Waals surface area contributed by atoms with E-state index in [1.165, 1.54) is 12.1 Å². The number of hydrogen-bond acceptors (Lipinski definition) is 3. The van der Waals surface area contributed by atoms with E-state index in [1.807, 2.05) is 0 Å². The monoisotopic (exact) mass is 326 g/mol. The van der Waals surface area contributed by atoms with Crippen molar-refractivity contribution in [2.45, 2.75) is 44.0 Å². The van der Waals surface area contributed by atoms with Gasteiger partial charge in [-0.25, -0.2) is 12.8 Å². The second-order valence-corrected chi connectivity index (χ2v) is 8.58. The molecule has 1 aliphatic heterocycles.